The Morgan fingerprint density at radius 2 is 2.10 bits per heavy atom. The monoisotopic (exact) mass is 271 g/mol. The fourth-order valence-corrected chi connectivity index (χ4v) is 2.16. The molecule has 0 aliphatic rings. The molecular formula is C16H21N3O. The lowest BCUT2D eigenvalue weighted by Crippen LogP contribution is -2.10. The lowest BCUT2D eigenvalue weighted by atomic mass is 10.1. The maximum absolute atomic E-state index is 8.91. The predicted molar refractivity (Wildman–Crippen MR) is 79.3 cm³/mol. The van der Waals surface area contributed by atoms with Crippen molar-refractivity contribution in [3.8, 4) is 6.07 Å². The minimum absolute atomic E-state index is 0.334. The fraction of sp³-hybridized carbons (Fsp3) is 0.500. The Labute approximate surface area is 120 Å². The topological polar surface area (TPSA) is 50.8 Å². The lowest BCUT2D eigenvalue weighted by Gasteiger charge is -2.09. The van der Waals surface area contributed by atoms with Crippen LogP contribution < -0.4 is 0 Å². The predicted octanol–water partition coefficient (Wildman–Crippen LogP) is 3.17. The molecule has 0 saturated heterocycles. The molecule has 1 heterocycles. The number of ether oxygens (including phenoxy) is 1. The van der Waals surface area contributed by atoms with E-state index in [0.29, 0.717) is 18.9 Å². The van der Waals surface area contributed by atoms with Crippen molar-refractivity contribution >= 4 is 11.0 Å². The van der Waals surface area contributed by atoms with E-state index in [1.165, 1.54) is 0 Å². The van der Waals surface area contributed by atoms with E-state index in [0.717, 1.165) is 36.4 Å². The summed E-state index contributed by atoms with van der Waals surface area (Å²) >= 11 is 0. The van der Waals surface area contributed by atoms with E-state index < -0.39 is 0 Å². The normalized spacial score (nSPS) is 11.1. The zero-order valence-corrected chi connectivity index (χ0v) is 12.2. The van der Waals surface area contributed by atoms with Gasteiger partial charge in [0.25, 0.3) is 0 Å². The first-order valence-electron chi connectivity index (χ1n) is 7.11. The Kier molecular flexibility index (Phi) is 5.14. The zero-order chi connectivity index (χ0) is 14.4. The van der Waals surface area contributed by atoms with Crippen molar-refractivity contribution in [3.05, 3.63) is 30.1 Å². The summed E-state index contributed by atoms with van der Waals surface area (Å²) in [7, 11) is 0. The molecule has 0 aliphatic heterocycles. The molecule has 0 N–H and O–H groups in total. The summed E-state index contributed by atoms with van der Waals surface area (Å²) in [6, 6.07) is 10.2. The molecule has 1 aromatic heterocycles. The Morgan fingerprint density at radius 1 is 1.30 bits per heavy atom. The number of hydrogen-bond acceptors (Lipinski definition) is 3. The Morgan fingerprint density at radius 3 is 2.85 bits per heavy atom. The van der Waals surface area contributed by atoms with Crippen LogP contribution in [0, 0.1) is 17.2 Å². The molecule has 0 spiro atoms. The van der Waals surface area contributed by atoms with Crippen LogP contribution in [0.25, 0.3) is 11.0 Å². The quantitative estimate of drug-likeness (QED) is 0.727. The molecular weight excluding hydrogens is 250 g/mol. The van der Waals surface area contributed by atoms with Gasteiger partial charge in [-0.1, -0.05) is 26.0 Å². The van der Waals surface area contributed by atoms with Crippen molar-refractivity contribution in [2.75, 3.05) is 13.2 Å². The molecule has 0 fully saturated rings. The van der Waals surface area contributed by atoms with Crippen LogP contribution in [0.3, 0.4) is 0 Å². The number of para-hydroxylation sites is 2. The number of fused-ring (bicyclic) bond motifs is 1. The molecule has 2 rings (SSSR count). The largest absolute Gasteiger partial charge is 0.380 e. The van der Waals surface area contributed by atoms with Crippen LogP contribution in [0.15, 0.2) is 24.3 Å². The van der Waals surface area contributed by atoms with Gasteiger partial charge in [0.1, 0.15) is 5.82 Å². The molecule has 0 atom stereocenters. The first kappa shape index (κ1) is 14.5. The van der Waals surface area contributed by atoms with Gasteiger partial charge in [-0.3, -0.25) is 0 Å². The number of aromatic nitrogens is 2. The van der Waals surface area contributed by atoms with E-state index >= 15 is 0 Å². The maximum atomic E-state index is 8.91. The smallest absolute Gasteiger partial charge is 0.124 e. The first-order chi connectivity index (χ1) is 9.72. The summed E-state index contributed by atoms with van der Waals surface area (Å²) in [5.41, 5.74) is 2.02. The van der Waals surface area contributed by atoms with Crippen LogP contribution in [0.1, 0.15) is 26.1 Å². The van der Waals surface area contributed by atoms with Crippen LogP contribution in [0.5, 0.6) is 0 Å². The second kappa shape index (κ2) is 7.06. The van der Waals surface area contributed by atoms with Crippen molar-refractivity contribution in [2.45, 2.75) is 33.2 Å². The summed E-state index contributed by atoms with van der Waals surface area (Å²) in [5.74, 6) is 1.49. The fourth-order valence-electron chi connectivity index (χ4n) is 2.16. The average Bonchev–Trinajstić information content (AvgIpc) is 2.76. The summed E-state index contributed by atoms with van der Waals surface area (Å²) in [6.07, 6.45) is 1.41. The lowest BCUT2D eigenvalue weighted by molar-refractivity contribution is 0.116. The van der Waals surface area contributed by atoms with Gasteiger partial charge < -0.3 is 9.30 Å². The third kappa shape index (κ3) is 3.58. The molecule has 106 valence electrons. The third-order valence-electron chi connectivity index (χ3n) is 3.27. The van der Waals surface area contributed by atoms with E-state index in [9.17, 15) is 0 Å². The molecule has 0 bridgehead atoms. The number of hydrogen-bond donors (Lipinski definition) is 0. The summed E-state index contributed by atoms with van der Waals surface area (Å²) in [6.45, 7) is 6.58. The van der Waals surface area contributed by atoms with Gasteiger partial charge >= 0.3 is 0 Å². The second-order valence-corrected chi connectivity index (χ2v) is 5.30. The number of rotatable bonds is 7. The molecule has 0 amide bonds. The Balaban J connectivity index is 2.04. The number of nitriles is 1. The summed E-state index contributed by atoms with van der Waals surface area (Å²) in [5, 5.41) is 8.91. The van der Waals surface area contributed by atoms with Crippen molar-refractivity contribution in [2.24, 2.45) is 5.92 Å². The van der Waals surface area contributed by atoms with Gasteiger partial charge in [-0.2, -0.15) is 5.26 Å². The van der Waals surface area contributed by atoms with Crippen LogP contribution >= 0.6 is 0 Å². The van der Waals surface area contributed by atoms with Gasteiger partial charge in [0.05, 0.1) is 30.1 Å². The van der Waals surface area contributed by atoms with E-state index in [1.807, 2.05) is 24.3 Å². The van der Waals surface area contributed by atoms with Gasteiger partial charge in [0, 0.05) is 13.2 Å². The molecule has 2 aromatic rings. The highest BCUT2D eigenvalue weighted by atomic mass is 16.5. The Bertz CT molecular complexity index is 595. The van der Waals surface area contributed by atoms with E-state index in [2.05, 4.69) is 29.5 Å². The number of benzene rings is 1. The van der Waals surface area contributed by atoms with Gasteiger partial charge in [-0.05, 0) is 24.5 Å². The van der Waals surface area contributed by atoms with Crippen molar-refractivity contribution in [1.82, 2.24) is 9.55 Å². The molecule has 0 aliphatic carbocycles. The summed E-state index contributed by atoms with van der Waals surface area (Å²) < 4.78 is 7.76. The maximum Gasteiger partial charge on any atom is 0.124 e. The average molecular weight is 271 g/mol. The van der Waals surface area contributed by atoms with Crippen LogP contribution in [-0.2, 0) is 17.7 Å². The van der Waals surface area contributed by atoms with E-state index in [-0.39, 0.29) is 0 Å². The van der Waals surface area contributed by atoms with Crippen molar-refractivity contribution in [1.29, 1.82) is 5.26 Å². The Hall–Kier alpha value is -1.86. The molecule has 1 aromatic carbocycles. The van der Waals surface area contributed by atoms with Crippen LogP contribution in [0.4, 0.5) is 0 Å². The molecule has 4 heteroatoms. The van der Waals surface area contributed by atoms with Crippen LogP contribution in [-0.4, -0.2) is 22.8 Å². The second-order valence-electron chi connectivity index (χ2n) is 5.30. The molecule has 20 heavy (non-hydrogen) atoms. The van der Waals surface area contributed by atoms with Crippen LogP contribution in [0.2, 0.25) is 0 Å². The minimum atomic E-state index is 0.334. The highest BCUT2D eigenvalue weighted by Crippen LogP contribution is 2.16. The zero-order valence-electron chi connectivity index (χ0n) is 12.2. The van der Waals surface area contributed by atoms with E-state index in [1.54, 1.807) is 0 Å². The highest BCUT2D eigenvalue weighted by molar-refractivity contribution is 5.75. The van der Waals surface area contributed by atoms with Gasteiger partial charge in [-0.25, -0.2) is 4.98 Å². The number of imidazole rings is 1. The molecule has 0 unspecified atom stereocenters. The standard InChI is InChI=1S/C16H21N3O/c1-13(2)8-11-20-12-10-19-15-6-4-3-5-14(15)18-16(19)7-9-17/h3-6,13H,7-8,10-12H2,1-2H3. The van der Waals surface area contributed by atoms with Gasteiger partial charge in [0.2, 0.25) is 0 Å². The molecule has 0 radical (unpaired) electrons. The molecule has 0 saturated carbocycles. The highest BCUT2D eigenvalue weighted by Gasteiger charge is 2.09. The minimum Gasteiger partial charge on any atom is -0.380 e. The third-order valence-corrected chi connectivity index (χ3v) is 3.27. The first-order valence-corrected chi connectivity index (χ1v) is 7.11. The summed E-state index contributed by atoms with van der Waals surface area (Å²) in [4.78, 5) is 4.51. The van der Waals surface area contributed by atoms with E-state index in [4.69, 9.17) is 10.00 Å². The number of nitrogens with zero attached hydrogens (tertiary/aromatic N) is 3. The van der Waals surface area contributed by atoms with Crippen molar-refractivity contribution in [3.63, 3.8) is 0 Å². The SMILES string of the molecule is CC(C)CCOCCn1c(CC#N)nc2ccccc21. The molecule has 4 nitrogen and oxygen atoms in total. The van der Waals surface area contributed by atoms with Crippen molar-refractivity contribution < 1.29 is 4.74 Å². The van der Waals surface area contributed by atoms with Gasteiger partial charge in [-0.15, -0.1) is 0 Å². The van der Waals surface area contributed by atoms with Gasteiger partial charge in [0.15, 0.2) is 0 Å².